The Hall–Kier alpha value is -1.81. The molecular formula is C16H15BrN2O. The summed E-state index contributed by atoms with van der Waals surface area (Å²) in [5.74, 6) is 0.131. The van der Waals surface area contributed by atoms with Gasteiger partial charge >= 0.3 is 0 Å². The van der Waals surface area contributed by atoms with Crippen LogP contribution in [-0.2, 0) is 11.3 Å². The summed E-state index contributed by atoms with van der Waals surface area (Å²) >= 11 is 3.49. The summed E-state index contributed by atoms with van der Waals surface area (Å²) in [4.78, 5) is 16.2. The van der Waals surface area contributed by atoms with Crippen LogP contribution in [0.25, 0.3) is 0 Å². The normalized spacial score (nSPS) is 14.4. The van der Waals surface area contributed by atoms with Crippen molar-refractivity contribution >= 4 is 33.2 Å². The zero-order valence-electron chi connectivity index (χ0n) is 11.2. The summed E-state index contributed by atoms with van der Waals surface area (Å²) in [6.45, 7) is 1.03. The van der Waals surface area contributed by atoms with Crippen molar-refractivity contribution in [1.29, 1.82) is 0 Å². The number of benzene rings is 2. The molecule has 0 atom stereocenters. The Bertz CT molecular complexity index is 642. The van der Waals surface area contributed by atoms with Crippen LogP contribution in [0, 0.1) is 0 Å². The molecule has 1 aliphatic rings. The van der Waals surface area contributed by atoms with Crippen molar-refractivity contribution in [2.75, 3.05) is 23.4 Å². The number of amides is 1. The number of likely N-dealkylation sites (N-methyl/N-ethyl adjacent to an activating group) is 1. The minimum atomic E-state index is 0.131. The van der Waals surface area contributed by atoms with Crippen LogP contribution in [0.4, 0.5) is 11.4 Å². The Morgan fingerprint density at radius 1 is 1.10 bits per heavy atom. The number of carbonyl (C=O) groups is 1. The van der Waals surface area contributed by atoms with E-state index in [4.69, 9.17) is 0 Å². The predicted octanol–water partition coefficient (Wildman–Crippen LogP) is 3.43. The van der Waals surface area contributed by atoms with Gasteiger partial charge in [-0.25, -0.2) is 0 Å². The lowest BCUT2D eigenvalue weighted by Crippen LogP contribution is -2.43. The molecule has 2 aromatic rings. The maximum Gasteiger partial charge on any atom is 0.246 e. The first-order valence-electron chi connectivity index (χ1n) is 6.50. The summed E-state index contributed by atoms with van der Waals surface area (Å²) in [5.41, 5.74) is 3.19. The third kappa shape index (κ3) is 2.43. The molecule has 0 unspecified atom stereocenters. The highest BCUT2D eigenvalue weighted by Crippen LogP contribution is 2.35. The minimum absolute atomic E-state index is 0.131. The molecular weight excluding hydrogens is 316 g/mol. The molecule has 2 aromatic carbocycles. The minimum Gasteiger partial charge on any atom is -0.364 e. The summed E-state index contributed by atoms with van der Waals surface area (Å²) < 4.78 is 1.03. The number of hydrogen-bond acceptors (Lipinski definition) is 2. The molecule has 0 saturated carbocycles. The van der Waals surface area contributed by atoms with Crippen LogP contribution in [0.2, 0.25) is 0 Å². The van der Waals surface area contributed by atoms with Crippen molar-refractivity contribution in [1.82, 2.24) is 0 Å². The highest BCUT2D eigenvalue weighted by molar-refractivity contribution is 9.10. The van der Waals surface area contributed by atoms with Gasteiger partial charge in [0.2, 0.25) is 5.91 Å². The summed E-state index contributed by atoms with van der Waals surface area (Å²) in [7, 11) is 1.95. The van der Waals surface area contributed by atoms with Gasteiger partial charge < -0.3 is 9.80 Å². The Morgan fingerprint density at radius 3 is 2.60 bits per heavy atom. The van der Waals surface area contributed by atoms with Gasteiger partial charge in [0.1, 0.15) is 0 Å². The molecule has 1 heterocycles. The highest BCUT2D eigenvalue weighted by atomic mass is 79.9. The van der Waals surface area contributed by atoms with Crippen LogP contribution in [0.3, 0.4) is 0 Å². The zero-order chi connectivity index (χ0) is 14.1. The van der Waals surface area contributed by atoms with E-state index >= 15 is 0 Å². The van der Waals surface area contributed by atoms with Gasteiger partial charge in [0, 0.05) is 11.5 Å². The monoisotopic (exact) mass is 330 g/mol. The van der Waals surface area contributed by atoms with E-state index in [-0.39, 0.29) is 5.91 Å². The van der Waals surface area contributed by atoms with E-state index in [1.54, 1.807) is 0 Å². The Labute approximate surface area is 126 Å². The first-order valence-corrected chi connectivity index (χ1v) is 7.29. The lowest BCUT2D eigenvalue weighted by Gasteiger charge is -2.35. The average Bonchev–Trinajstić information content (AvgIpc) is 2.45. The standard InChI is InChI=1S/C16H15BrN2O/c1-18-11-16(20)19(10-12-5-3-2-4-6-12)14-8-7-13(17)9-15(14)18/h2-9H,10-11H2,1H3. The molecule has 0 saturated heterocycles. The number of fused-ring (bicyclic) bond motifs is 1. The third-order valence-electron chi connectivity index (χ3n) is 3.50. The van der Waals surface area contributed by atoms with Crippen LogP contribution in [0.5, 0.6) is 0 Å². The molecule has 102 valence electrons. The Balaban J connectivity index is 1.99. The number of halogens is 1. The molecule has 20 heavy (non-hydrogen) atoms. The van der Waals surface area contributed by atoms with Gasteiger partial charge in [0.25, 0.3) is 0 Å². The van der Waals surface area contributed by atoms with Crippen LogP contribution in [0.1, 0.15) is 5.56 Å². The molecule has 3 nitrogen and oxygen atoms in total. The molecule has 0 aliphatic carbocycles. The highest BCUT2D eigenvalue weighted by Gasteiger charge is 2.27. The SMILES string of the molecule is CN1CC(=O)N(Cc2ccccc2)c2ccc(Br)cc21. The van der Waals surface area contributed by atoms with Gasteiger partial charge in [-0.3, -0.25) is 4.79 Å². The molecule has 0 N–H and O–H groups in total. The summed E-state index contributed by atoms with van der Waals surface area (Å²) in [6, 6.07) is 16.1. The summed E-state index contributed by atoms with van der Waals surface area (Å²) in [5, 5.41) is 0. The van der Waals surface area contributed by atoms with Crippen LogP contribution >= 0.6 is 15.9 Å². The van der Waals surface area contributed by atoms with Gasteiger partial charge in [-0.2, -0.15) is 0 Å². The quantitative estimate of drug-likeness (QED) is 0.842. The third-order valence-corrected chi connectivity index (χ3v) is 3.99. The molecule has 1 aliphatic heterocycles. The Kier molecular flexibility index (Phi) is 3.49. The smallest absolute Gasteiger partial charge is 0.246 e. The number of nitrogens with zero attached hydrogens (tertiary/aromatic N) is 2. The maximum absolute atomic E-state index is 12.3. The van der Waals surface area contributed by atoms with Gasteiger partial charge in [-0.1, -0.05) is 46.3 Å². The van der Waals surface area contributed by atoms with E-state index in [1.807, 2.05) is 59.3 Å². The maximum atomic E-state index is 12.3. The number of anilines is 2. The van der Waals surface area contributed by atoms with Crippen LogP contribution < -0.4 is 9.80 Å². The van der Waals surface area contributed by atoms with Crippen molar-refractivity contribution in [3.8, 4) is 0 Å². The lowest BCUT2D eigenvalue weighted by atomic mass is 10.1. The topological polar surface area (TPSA) is 23.6 Å². The van der Waals surface area contributed by atoms with E-state index in [0.717, 1.165) is 21.4 Å². The fraction of sp³-hybridized carbons (Fsp3) is 0.188. The van der Waals surface area contributed by atoms with E-state index in [9.17, 15) is 4.79 Å². The van der Waals surface area contributed by atoms with Crippen molar-refractivity contribution in [3.63, 3.8) is 0 Å². The van der Waals surface area contributed by atoms with Gasteiger partial charge in [-0.05, 0) is 23.8 Å². The molecule has 0 spiro atoms. The fourth-order valence-electron chi connectivity index (χ4n) is 2.48. The second kappa shape index (κ2) is 5.29. The van der Waals surface area contributed by atoms with Gasteiger partial charge in [0.15, 0.2) is 0 Å². The van der Waals surface area contributed by atoms with Crippen LogP contribution in [-0.4, -0.2) is 19.5 Å². The largest absolute Gasteiger partial charge is 0.364 e. The first-order chi connectivity index (χ1) is 9.65. The van der Waals surface area contributed by atoms with Gasteiger partial charge in [-0.15, -0.1) is 0 Å². The van der Waals surface area contributed by atoms with Gasteiger partial charge in [0.05, 0.1) is 24.5 Å². The average molecular weight is 331 g/mol. The first kappa shape index (κ1) is 13.2. The zero-order valence-corrected chi connectivity index (χ0v) is 12.8. The molecule has 0 aromatic heterocycles. The van der Waals surface area contributed by atoms with E-state index in [2.05, 4.69) is 22.0 Å². The molecule has 3 rings (SSSR count). The van der Waals surface area contributed by atoms with E-state index in [1.165, 1.54) is 0 Å². The summed E-state index contributed by atoms with van der Waals surface area (Å²) in [6.07, 6.45) is 0. The predicted molar refractivity (Wildman–Crippen MR) is 85.0 cm³/mol. The second-order valence-electron chi connectivity index (χ2n) is 4.95. The van der Waals surface area contributed by atoms with Crippen molar-refractivity contribution in [2.45, 2.75) is 6.54 Å². The van der Waals surface area contributed by atoms with Crippen molar-refractivity contribution < 1.29 is 4.79 Å². The lowest BCUT2D eigenvalue weighted by molar-refractivity contribution is -0.117. The molecule has 0 radical (unpaired) electrons. The molecule has 0 bridgehead atoms. The molecule has 0 fully saturated rings. The number of hydrogen-bond donors (Lipinski definition) is 0. The molecule has 1 amide bonds. The van der Waals surface area contributed by atoms with E-state index < -0.39 is 0 Å². The number of carbonyl (C=O) groups excluding carboxylic acids is 1. The van der Waals surface area contributed by atoms with Crippen molar-refractivity contribution in [3.05, 3.63) is 58.6 Å². The molecule has 4 heteroatoms. The fourth-order valence-corrected chi connectivity index (χ4v) is 2.83. The Morgan fingerprint density at radius 2 is 1.85 bits per heavy atom. The van der Waals surface area contributed by atoms with E-state index in [0.29, 0.717) is 13.1 Å². The van der Waals surface area contributed by atoms with Crippen molar-refractivity contribution in [2.24, 2.45) is 0 Å². The number of rotatable bonds is 2. The van der Waals surface area contributed by atoms with Crippen LogP contribution in [0.15, 0.2) is 53.0 Å². The second-order valence-corrected chi connectivity index (χ2v) is 5.87.